The van der Waals surface area contributed by atoms with Crippen molar-refractivity contribution >= 4 is 47.8 Å². The summed E-state index contributed by atoms with van der Waals surface area (Å²) in [5, 5.41) is 0. The van der Waals surface area contributed by atoms with Gasteiger partial charge in [-0.2, -0.15) is 0 Å². The van der Waals surface area contributed by atoms with Gasteiger partial charge in [0, 0.05) is 0 Å². The molecule has 0 N–H and O–H groups in total. The van der Waals surface area contributed by atoms with Gasteiger partial charge in [-0.25, -0.2) is 19.2 Å². The summed E-state index contributed by atoms with van der Waals surface area (Å²) in [6.45, 7) is 12.8. The Morgan fingerprint density at radius 1 is 0.317 bits per heavy atom. The molecule has 0 bridgehead atoms. The molecule has 0 radical (unpaired) electrons. The Hall–Kier alpha value is -4.24. The monoisotopic (exact) mass is 858 g/mol. The second-order valence-corrected chi connectivity index (χ2v) is 15.1. The number of carbonyl (C=O) groups excluding carboxylic acids is 8. The minimum atomic E-state index is -1.87. The summed E-state index contributed by atoms with van der Waals surface area (Å²) in [7, 11) is 0. The molecule has 0 aliphatic carbocycles. The highest BCUT2D eigenvalue weighted by Crippen LogP contribution is 2.25. The molecule has 346 valence electrons. The molecule has 60 heavy (non-hydrogen) atoms. The van der Waals surface area contributed by atoms with Crippen molar-refractivity contribution in [3.05, 3.63) is 0 Å². The van der Waals surface area contributed by atoms with E-state index in [1.165, 1.54) is 0 Å². The third-order valence-electron chi connectivity index (χ3n) is 10.2. The Bertz CT molecular complexity index is 1190. The van der Waals surface area contributed by atoms with Gasteiger partial charge in [0.2, 0.25) is 0 Å². The standard InChI is InChI=1S/C44H74O16/c1-9-17-31(13-5)23-53-39(47)27-57-37(45)21-35(43(51)59-29-41(49)55-25-33(15-7)19-11-3)36(44(52)60-30-42(50)56-26-34(16-8)20-12-4)22-38(46)58-28-40(48)54-24-32(14-6)18-10-2/h31-36H,9-30H2,1-8H3. The molecule has 0 aromatic rings. The Morgan fingerprint density at radius 2 is 0.550 bits per heavy atom. The molecule has 16 nitrogen and oxygen atoms in total. The van der Waals surface area contributed by atoms with Gasteiger partial charge in [-0.1, -0.05) is 107 Å². The molecule has 0 spiro atoms. The van der Waals surface area contributed by atoms with Gasteiger partial charge in [-0.15, -0.1) is 0 Å². The fourth-order valence-electron chi connectivity index (χ4n) is 6.27. The highest BCUT2D eigenvalue weighted by atomic mass is 16.6. The third kappa shape index (κ3) is 26.1. The molecule has 0 fully saturated rings. The van der Waals surface area contributed by atoms with E-state index in [1.54, 1.807) is 0 Å². The Labute approximate surface area is 357 Å². The number of ether oxygens (including phenoxy) is 8. The van der Waals surface area contributed by atoms with Crippen molar-refractivity contribution in [2.75, 3.05) is 52.9 Å². The highest BCUT2D eigenvalue weighted by molar-refractivity contribution is 5.90. The molecule has 0 amide bonds. The molecule has 0 heterocycles. The van der Waals surface area contributed by atoms with E-state index in [2.05, 4.69) is 0 Å². The first-order valence-electron chi connectivity index (χ1n) is 22.0. The molecule has 0 aliphatic rings. The molecule has 0 aromatic carbocycles. The van der Waals surface area contributed by atoms with Crippen LogP contribution in [0, 0.1) is 35.5 Å². The lowest BCUT2D eigenvalue weighted by atomic mass is 9.86. The van der Waals surface area contributed by atoms with Crippen molar-refractivity contribution in [1.82, 2.24) is 0 Å². The lowest BCUT2D eigenvalue weighted by Gasteiger charge is -2.23. The van der Waals surface area contributed by atoms with Gasteiger partial charge in [0.15, 0.2) is 26.4 Å². The van der Waals surface area contributed by atoms with Crippen LogP contribution in [-0.4, -0.2) is 101 Å². The largest absolute Gasteiger partial charge is 0.463 e. The Balaban J connectivity index is 6.31. The minimum Gasteiger partial charge on any atom is -0.463 e. The van der Waals surface area contributed by atoms with Gasteiger partial charge in [-0.05, 0) is 49.4 Å². The molecule has 6 atom stereocenters. The predicted molar refractivity (Wildman–Crippen MR) is 219 cm³/mol. The first-order valence-corrected chi connectivity index (χ1v) is 22.0. The SMILES string of the molecule is CCCC(CC)COC(=O)COC(=O)CC(C(=O)OCC(=O)OCC(CC)CCC)C(CC(=O)OCC(=O)OCC(CC)CCC)C(=O)OCC(=O)OCC(CC)CCC. The molecular formula is C44H74O16. The Kier molecular flexibility index (Phi) is 32.0. The first-order chi connectivity index (χ1) is 28.7. The fourth-order valence-corrected chi connectivity index (χ4v) is 6.27. The van der Waals surface area contributed by atoms with Crippen LogP contribution in [0.5, 0.6) is 0 Å². The molecular weight excluding hydrogens is 784 g/mol. The van der Waals surface area contributed by atoms with Crippen molar-refractivity contribution < 1.29 is 76.3 Å². The van der Waals surface area contributed by atoms with E-state index in [4.69, 9.17) is 37.9 Å². The summed E-state index contributed by atoms with van der Waals surface area (Å²) in [5.41, 5.74) is 0. The minimum absolute atomic E-state index is 0.0818. The maximum absolute atomic E-state index is 13.7. The van der Waals surface area contributed by atoms with E-state index in [-0.39, 0.29) is 50.1 Å². The predicted octanol–water partition coefficient (Wildman–Crippen LogP) is 6.65. The van der Waals surface area contributed by atoms with Gasteiger partial charge in [0.25, 0.3) is 0 Å². The van der Waals surface area contributed by atoms with Crippen LogP contribution in [0.2, 0.25) is 0 Å². The third-order valence-corrected chi connectivity index (χ3v) is 10.2. The average Bonchev–Trinajstić information content (AvgIpc) is 3.24. The lowest BCUT2D eigenvalue weighted by molar-refractivity contribution is -0.174. The zero-order valence-corrected chi connectivity index (χ0v) is 37.6. The maximum atomic E-state index is 13.7. The first kappa shape index (κ1) is 55.8. The lowest BCUT2D eigenvalue weighted by Crippen LogP contribution is -2.38. The number of carbonyl (C=O) groups is 8. The van der Waals surface area contributed by atoms with Crippen molar-refractivity contribution in [2.24, 2.45) is 35.5 Å². The smallest absolute Gasteiger partial charge is 0.344 e. The second kappa shape index (κ2) is 34.5. The topological polar surface area (TPSA) is 210 Å². The van der Waals surface area contributed by atoms with Crippen LogP contribution >= 0.6 is 0 Å². The van der Waals surface area contributed by atoms with Gasteiger partial charge >= 0.3 is 47.8 Å². The fraction of sp³-hybridized carbons (Fsp3) is 0.818. The van der Waals surface area contributed by atoms with Crippen molar-refractivity contribution in [3.63, 3.8) is 0 Å². The average molecular weight is 859 g/mol. The van der Waals surface area contributed by atoms with Gasteiger partial charge < -0.3 is 37.9 Å². The number of rotatable bonds is 35. The zero-order chi connectivity index (χ0) is 45.3. The summed E-state index contributed by atoms with van der Waals surface area (Å²) in [4.78, 5) is 104. The van der Waals surface area contributed by atoms with Crippen LogP contribution in [0.15, 0.2) is 0 Å². The van der Waals surface area contributed by atoms with Gasteiger partial charge in [-0.3, -0.25) is 19.2 Å². The molecule has 0 aromatic heterocycles. The summed E-state index contributed by atoms with van der Waals surface area (Å²) in [6, 6.07) is 0. The van der Waals surface area contributed by atoms with E-state index in [9.17, 15) is 38.4 Å². The van der Waals surface area contributed by atoms with E-state index < -0.39 is 98.9 Å². The van der Waals surface area contributed by atoms with Crippen LogP contribution in [0.1, 0.15) is 145 Å². The molecule has 6 unspecified atom stereocenters. The van der Waals surface area contributed by atoms with Crippen molar-refractivity contribution in [1.29, 1.82) is 0 Å². The summed E-state index contributed by atoms with van der Waals surface area (Å²) >= 11 is 0. The van der Waals surface area contributed by atoms with E-state index in [0.717, 1.165) is 77.0 Å². The molecule has 0 saturated heterocycles. The van der Waals surface area contributed by atoms with Crippen LogP contribution in [0.3, 0.4) is 0 Å². The normalized spacial score (nSPS) is 13.9. The maximum Gasteiger partial charge on any atom is 0.344 e. The van der Waals surface area contributed by atoms with E-state index >= 15 is 0 Å². The molecule has 0 saturated carbocycles. The molecule has 16 heteroatoms. The zero-order valence-electron chi connectivity index (χ0n) is 37.6. The van der Waals surface area contributed by atoms with Crippen LogP contribution < -0.4 is 0 Å². The van der Waals surface area contributed by atoms with Gasteiger partial charge in [0.05, 0.1) is 51.1 Å². The molecule has 0 rings (SSSR count). The quantitative estimate of drug-likeness (QED) is 0.0482. The van der Waals surface area contributed by atoms with Crippen LogP contribution in [-0.2, 0) is 76.3 Å². The number of esters is 8. The summed E-state index contributed by atoms with van der Waals surface area (Å²) in [5.74, 6) is -11.7. The second-order valence-electron chi connectivity index (χ2n) is 15.1. The van der Waals surface area contributed by atoms with E-state index in [1.807, 2.05) is 55.4 Å². The Morgan fingerprint density at radius 3 is 0.767 bits per heavy atom. The highest BCUT2D eigenvalue weighted by Gasteiger charge is 2.41. The number of hydrogen-bond donors (Lipinski definition) is 0. The van der Waals surface area contributed by atoms with Crippen molar-refractivity contribution in [3.8, 4) is 0 Å². The van der Waals surface area contributed by atoms with Gasteiger partial charge in [0.1, 0.15) is 0 Å². The van der Waals surface area contributed by atoms with Crippen LogP contribution in [0.4, 0.5) is 0 Å². The molecule has 0 aliphatic heterocycles. The van der Waals surface area contributed by atoms with E-state index in [0.29, 0.717) is 0 Å². The number of hydrogen-bond acceptors (Lipinski definition) is 16. The summed E-state index contributed by atoms with van der Waals surface area (Å²) < 4.78 is 41.6. The van der Waals surface area contributed by atoms with Crippen LogP contribution in [0.25, 0.3) is 0 Å². The summed E-state index contributed by atoms with van der Waals surface area (Å²) in [6.07, 6.45) is 7.94. The van der Waals surface area contributed by atoms with Crippen molar-refractivity contribution in [2.45, 2.75) is 145 Å².